The maximum atomic E-state index is 13.6. The van der Waals surface area contributed by atoms with E-state index >= 15 is 0 Å². The zero-order valence-corrected chi connectivity index (χ0v) is 23.1. The molecule has 0 aromatic heterocycles. The van der Waals surface area contributed by atoms with Crippen molar-refractivity contribution in [3.63, 3.8) is 0 Å². The Bertz CT molecular complexity index is 1590. The summed E-state index contributed by atoms with van der Waals surface area (Å²) in [6, 6.07) is 21.3. The number of benzene rings is 3. The molecule has 3 aromatic carbocycles. The van der Waals surface area contributed by atoms with E-state index in [-0.39, 0.29) is 36.7 Å². The van der Waals surface area contributed by atoms with E-state index in [0.717, 1.165) is 35.7 Å². The lowest BCUT2D eigenvalue weighted by Gasteiger charge is -2.34. The van der Waals surface area contributed by atoms with E-state index in [1.807, 2.05) is 29.2 Å². The fraction of sp³-hybridized carbons (Fsp3) is 0.312. The smallest absolute Gasteiger partial charge is 0.255 e. The number of nitrogens with zero attached hydrogens (tertiary/aromatic N) is 3. The third kappa shape index (κ3) is 4.61. The van der Waals surface area contributed by atoms with Crippen molar-refractivity contribution in [3.8, 4) is 11.1 Å². The third-order valence-electron chi connectivity index (χ3n) is 8.93. The van der Waals surface area contributed by atoms with Crippen molar-refractivity contribution in [1.82, 2.24) is 20.0 Å². The molecule has 3 saturated heterocycles. The van der Waals surface area contributed by atoms with Gasteiger partial charge in [-0.15, -0.1) is 0 Å². The van der Waals surface area contributed by atoms with Crippen molar-refractivity contribution in [1.29, 1.82) is 0 Å². The summed E-state index contributed by atoms with van der Waals surface area (Å²) in [5.41, 5.74) is 5.41. The number of likely N-dealkylation sites (tertiary alicyclic amines) is 2. The first kappa shape index (κ1) is 25.9. The summed E-state index contributed by atoms with van der Waals surface area (Å²) in [5, 5.41) is 3.04. The average Bonchev–Trinajstić information content (AvgIpc) is 3.66. The van der Waals surface area contributed by atoms with Crippen molar-refractivity contribution in [2.45, 2.75) is 50.5 Å². The van der Waals surface area contributed by atoms with Crippen LogP contribution in [0.1, 0.15) is 51.1 Å². The van der Waals surface area contributed by atoms with Crippen molar-refractivity contribution >= 4 is 35.2 Å². The summed E-state index contributed by atoms with van der Waals surface area (Å²) in [6.07, 6.45) is 1.47. The quantitative estimate of drug-likeness (QED) is 0.472. The number of hydrogen-bond acceptors (Lipinski definition) is 5. The van der Waals surface area contributed by atoms with Gasteiger partial charge in [-0.05, 0) is 65.4 Å². The molecule has 4 amide bonds. The van der Waals surface area contributed by atoms with Crippen LogP contribution >= 0.6 is 11.6 Å². The van der Waals surface area contributed by atoms with E-state index in [2.05, 4.69) is 34.5 Å². The monoisotopic (exact) mass is 568 g/mol. The van der Waals surface area contributed by atoms with Crippen LogP contribution in [0.4, 0.5) is 0 Å². The molecule has 7 rings (SSSR count). The SMILES string of the molecule is O=C1CCC(N2Cc3cc(C(=O)N4CC5CC4CN5Cc4ccccc4-c4ccc(Cl)cc4)ccc3C2=O)C(=O)N1. The molecule has 41 heavy (non-hydrogen) atoms. The fourth-order valence-electron chi connectivity index (χ4n) is 6.85. The summed E-state index contributed by atoms with van der Waals surface area (Å²) in [4.78, 5) is 56.5. The molecule has 9 heteroatoms. The van der Waals surface area contributed by atoms with E-state index in [0.29, 0.717) is 30.1 Å². The number of imide groups is 1. The summed E-state index contributed by atoms with van der Waals surface area (Å²) >= 11 is 6.10. The molecule has 2 bridgehead atoms. The zero-order valence-electron chi connectivity index (χ0n) is 22.4. The van der Waals surface area contributed by atoms with Gasteiger partial charge >= 0.3 is 0 Å². The van der Waals surface area contributed by atoms with Crippen LogP contribution in [0, 0.1) is 0 Å². The predicted octanol–water partition coefficient (Wildman–Crippen LogP) is 3.87. The van der Waals surface area contributed by atoms with Gasteiger partial charge < -0.3 is 9.80 Å². The van der Waals surface area contributed by atoms with E-state index < -0.39 is 11.9 Å². The number of carbonyl (C=O) groups excluding carboxylic acids is 4. The van der Waals surface area contributed by atoms with Gasteiger partial charge in [0.05, 0.1) is 0 Å². The van der Waals surface area contributed by atoms with Crippen LogP contribution in [0.25, 0.3) is 11.1 Å². The molecule has 0 spiro atoms. The van der Waals surface area contributed by atoms with Crippen molar-refractivity contribution < 1.29 is 19.2 Å². The van der Waals surface area contributed by atoms with Crippen LogP contribution in [-0.2, 0) is 22.7 Å². The number of halogens is 1. The number of rotatable bonds is 5. The number of piperazine rings is 1. The number of hydrogen-bond donors (Lipinski definition) is 1. The highest BCUT2D eigenvalue weighted by Gasteiger charge is 2.46. The molecule has 0 radical (unpaired) electrons. The van der Waals surface area contributed by atoms with Gasteiger partial charge in [0.15, 0.2) is 0 Å². The largest absolute Gasteiger partial charge is 0.333 e. The first-order valence-electron chi connectivity index (χ1n) is 14.0. The lowest BCUT2D eigenvalue weighted by molar-refractivity contribution is -0.136. The molecule has 3 unspecified atom stereocenters. The predicted molar refractivity (Wildman–Crippen MR) is 153 cm³/mol. The molecule has 4 aliphatic heterocycles. The number of piperidine rings is 1. The third-order valence-corrected chi connectivity index (χ3v) is 9.18. The second kappa shape index (κ2) is 10.1. The van der Waals surface area contributed by atoms with Crippen molar-refractivity contribution in [3.05, 3.63) is 94.0 Å². The van der Waals surface area contributed by atoms with Gasteiger partial charge in [0, 0.05) is 60.8 Å². The Hall–Kier alpha value is -4.01. The fourth-order valence-corrected chi connectivity index (χ4v) is 6.98. The average molecular weight is 569 g/mol. The van der Waals surface area contributed by atoms with Gasteiger partial charge in [0.25, 0.3) is 11.8 Å². The normalized spacial score (nSPS) is 23.7. The van der Waals surface area contributed by atoms with Crippen molar-refractivity contribution in [2.75, 3.05) is 13.1 Å². The zero-order chi connectivity index (χ0) is 28.2. The highest BCUT2D eigenvalue weighted by atomic mass is 35.5. The molecule has 0 aliphatic carbocycles. The summed E-state index contributed by atoms with van der Waals surface area (Å²) in [5.74, 6) is -1.00. The second-order valence-electron chi connectivity index (χ2n) is 11.4. The van der Waals surface area contributed by atoms with Crippen LogP contribution in [0.2, 0.25) is 5.02 Å². The molecule has 4 aliphatic rings. The van der Waals surface area contributed by atoms with Gasteiger partial charge in [-0.1, -0.05) is 48.0 Å². The molecule has 3 fully saturated rings. The lowest BCUT2D eigenvalue weighted by Crippen LogP contribution is -2.52. The first-order chi connectivity index (χ1) is 19.9. The Kier molecular flexibility index (Phi) is 6.40. The number of fused-ring (bicyclic) bond motifs is 3. The first-order valence-corrected chi connectivity index (χ1v) is 14.4. The summed E-state index contributed by atoms with van der Waals surface area (Å²) in [6.45, 7) is 2.57. The van der Waals surface area contributed by atoms with Crippen LogP contribution in [0.3, 0.4) is 0 Å². The molecule has 4 heterocycles. The molecule has 3 atom stereocenters. The van der Waals surface area contributed by atoms with Crippen LogP contribution in [0.15, 0.2) is 66.7 Å². The van der Waals surface area contributed by atoms with Gasteiger partial charge in [-0.2, -0.15) is 0 Å². The van der Waals surface area contributed by atoms with Gasteiger partial charge in [-0.25, -0.2) is 0 Å². The molecule has 3 aromatic rings. The summed E-state index contributed by atoms with van der Waals surface area (Å²) < 4.78 is 0. The minimum atomic E-state index is -0.670. The number of carbonyl (C=O) groups is 4. The lowest BCUT2D eigenvalue weighted by atomic mass is 9.99. The Morgan fingerprint density at radius 3 is 2.49 bits per heavy atom. The standard InChI is InChI=1S/C32H29ClN4O4/c33-23-8-5-19(6-9-23)26-4-2-1-3-21(26)15-35-17-25-14-24(35)18-36(25)31(40)20-7-10-27-22(13-20)16-37(32(27)41)28-11-12-29(38)34-30(28)39/h1-10,13,24-25,28H,11-12,14-18H2,(H,34,38,39). The minimum absolute atomic E-state index is 0.0200. The van der Waals surface area contributed by atoms with Crippen molar-refractivity contribution in [2.24, 2.45) is 0 Å². The van der Waals surface area contributed by atoms with E-state index in [1.165, 1.54) is 16.0 Å². The Balaban J connectivity index is 1.03. The highest BCUT2D eigenvalue weighted by Crippen LogP contribution is 2.36. The maximum Gasteiger partial charge on any atom is 0.255 e. The topological polar surface area (TPSA) is 90.0 Å². The van der Waals surface area contributed by atoms with Gasteiger partial charge in [0.2, 0.25) is 11.8 Å². The molecule has 8 nitrogen and oxygen atoms in total. The summed E-state index contributed by atoms with van der Waals surface area (Å²) in [7, 11) is 0. The van der Waals surface area contributed by atoms with E-state index in [1.54, 1.807) is 18.2 Å². The number of amides is 4. The number of nitrogens with one attached hydrogen (secondary N) is 1. The molecule has 1 N–H and O–H groups in total. The Morgan fingerprint density at radius 2 is 1.73 bits per heavy atom. The van der Waals surface area contributed by atoms with Crippen LogP contribution < -0.4 is 5.32 Å². The van der Waals surface area contributed by atoms with E-state index in [9.17, 15) is 19.2 Å². The maximum absolute atomic E-state index is 13.6. The molecule has 0 saturated carbocycles. The molecular formula is C32H29ClN4O4. The second-order valence-corrected chi connectivity index (χ2v) is 11.8. The highest BCUT2D eigenvalue weighted by molar-refractivity contribution is 6.30. The minimum Gasteiger partial charge on any atom is -0.333 e. The Labute approximate surface area is 242 Å². The molecule has 208 valence electrons. The van der Waals surface area contributed by atoms with E-state index in [4.69, 9.17) is 11.6 Å². The van der Waals surface area contributed by atoms with Crippen LogP contribution in [0.5, 0.6) is 0 Å². The van der Waals surface area contributed by atoms with Gasteiger partial charge in [0.1, 0.15) is 6.04 Å². The van der Waals surface area contributed by atoms with Crippen LogP contribution in [-0.4, -0.2) is 69.5 Å². The Morgan fingerprint density at radius 1 is 0.927 bits per heavy atom. The van der Waals surface area contributed by atoms with Gasteiger partial charge in [-0.3, -0.25) is 29.4 Å². The molecular weight excluding hydrogens is 540 g/mol.